The summed E-state index contributed by atoms with van der Waals surface area (Å²) in [5, 5.41) is 3.96. The van der Waals surface area contributed by atoms with Gasteiger partial charge >= 0.3 is 11.6 Å². The van der Waals surface area contributed by atoms with Gasteiger partial charge in [0.05, 0.1) is 6.54 Å². The number of carbonyl (C=O) groups excluding carboxylic acids is 2. The van der Waals surface area contributed by atoms with E-state index in [1.54, 1.807) is 42.5 Å². The number of esters is 1. The van der Waals surface area contributed by atoms with Crippen LogP contribution in [0.3, 0.4) is 0 Å². The summed E-state index contributed by atoms with van der Waals surface area (Å²) in [4.78, 5) is 35.1. The maximum absolute atomic E-state index is 12.0. The molecule has 0 radical (unpaired) electrons. The number of ether oxygens (including phenoxy) is 2. The molecule has 0 spiro atoms. The third-order valence-electron chi connectivity index (χ3n) is 4.57. The largest absolute Gasteiger partial charge is 0.482 e. The van der Waals surface area contributed by atoms with E-state index in [1.165, 1.54) is 12.1 Å². The SMILES string of the molecule is O=C(COC(=O)COc1ccc2ccc(=O)oc2c1)NCc1ccc(-c2ccc(Cl)cc2)o1. The zero-order valence-corrected chi connectivity index (χ0v) is 18.0. The molecule has 0 bridgehead atoms. The first-order chi connectivity index (χ1) is 16.0. The predicted octanol–water partition coefficient (Wildman–Crippen LogP) is 3.94. The Hall–Kier alpha value is -4.04. The number of fused-ring (bicyclic) bond motifs is 1. The number of hydrogen-bond acceptors (Lipinski definition) is 7. The maximum atomic E-state index is 12.0. The fourth-order valence-electron chi connectivity index (χ4n) is 2.94. The van der Waals surface area contributed by atoms with Gasteiger partial charge in [0, 0.05) is 28.1 Å². The molecule has 2 aromatic heterocycles. The van der Waals surface area contributed by atoms with E-state index < -0.39 is 30.7 Å². The summed E-state index contributed by atoms with van der Waals surface area (Å²) >= 11 is 5.88. The van der Waals surface area contributed by atoms with Crippen molar-refractivity contribution in [3.8, 4) is 17.1 Å². The Morgan fingerprint density at radius 2 is 1.70 bits per heavy atom. The molecule has 1 N–H and O–H groups in total. The molecule has 2 heterocycles. The van der Waals surface area contributed by atoms with Crippen molar-refractivity contribution in [3.05, 3.63) is 87.9 Å². The van der Waals surface area contributed by atoms with Crippen LogP contribution in [0.25, 0.3) is 22.3 Å². The number of benzene rings is 2. The molecule has 0 aliphatic rings. The van der Waals surface area contributed by atoms with Crippen LogP contribution < -0.4 is 15.7 Å². The van der Waals surface area contributed by atoms with E-state index in [9.17, 15) is 14.4 Å². The van der Waals surface area contributed by atoms with Crippen molar-refractivity contribution in [2.24, 2.45) is 0 Å². The number of carbonyl (C=O) groups is 2. The highest BCUT2D eigenvalue weighted by Crippen LogP contribution is 2.24. The van der Waals surface area contributed by atoms with Gasteiger partial charge in [-0.25, -0.2) is 9.59 Å². The van der Waals surface area contributed by atoms with Gasteiger partial charge in [0.1, 0.15) is 22.9 Å². The van der Waals surface area contributed by atoms with Gasteiger partial charge in [0.15, 0.2) is 13.2 Å². The van der Waals surface area contributed by atoms with Crippen LogP contribution >= 0.6 is 11.6 Å². The third-order valence-corrected chi connectivity index (χ3v) is 4.82. The van der Waals surface area contributed by atoms with Crippen LogP contribution in [0.4, 0.5) is 0 Å². The number of amides is 1. The number of halogens is 1. The molecule has 0 saturated heterocycles. The standard InChI is InChI=1S/C24H18ClNO7/c25-17-5-1-15(2-6-17)20-9-8-19(32-20)12-26-22(27)13-31-24(29)14-30-18-7-3-16-4-10-23(28)33-21(16)11-18/h1-11H,12-14H2,(H,26,27). The van der Waals surface area contributed by atoms with Crippen LogP contribution in [0.1, 0.15) is 5.76 Å². The molecular weight excluding hydrogens is 450 g/mol. The van der Waals surface area contributed by atoms with Crippen molar-refractivity contribution in [1.29, 1.82) is 0 Å². The molecule has 2 aromatic carbocycles. The van der Waals surface area contributed by atoms with Gasteiger partial charge in [-0.3, -0.25) is 4.79 Å². The lowest BCUT2D eigenvalue weighted by atomic mass is 10.2. The first-order valence-electron chi connectivity index (χ1n) is 9.90. The summed E-state index contributed by atoms with van der Waals surface area (Å²) in [5.74, 6) is 0.314. The van der Waals surface area contributed by atoms with Crippen molar-refractivity contribution < 1.29 is 27.9 Å². The topological polar surface area (TPSA) is 108 Å². The average molecular weight is 468 g/mol. The highest BCUT2D eigenvalue weighted by Gasteiger charge is 2.11. The molecule has 8 nitrogen and oxygen atoms in total. The second-order valence-electron chi connectivity index (χ2n) is 6.95. The van der Waals surface area contributed by atoms with Gasteiger partial charge in [-0.15, -0.1) is 0 Å². The summed E-state index contributed by atoms with van der Waals surface area (Å²) in [6.45, 7) is -0.721. The Balaban J connectivity index is 1.20. The molecule has 1 amide bonds. The second-order valence-corrected chi connectivity index (χ2v) is 7.39. The van der Waals surface area contributed by atoms with Crippen molar-refractivity contribution in [2.45, 2.75) is 6.54 Å². The minimum atomic E-state index is -0.720. The molecular formula is C24H18ClNO7. The van der Waals surface area contributed by atoms with Crippen LogP contribution in [0, 0.1) is 0 Å². The minimum Gasteiger partial charge on any atom is -0.482 e. The van der Waals surface area contributed by atoms with Crippen LogP contribution in [-0.2, 0) is 20.9 Å². The van der Waals surface area contributed by atoms with E-state index in [1.807, 2.05) is 12.1 Å². The molecule has 0 fully saturated rings. The minimum absolute atomic E-state index is 0.142. The van der Waals surface area contributed by atoms with Crippen molar-refractivity contribution >= 4 is 34.4 Å². The summed E-state index contributed by atoms with van der Waals surface area (Å²) in [6.07, 6.45) is 0. The van der Waals surface area contributed by atoms with Gasteiger partial charge in [0.25, 0.3) is 5.91 Å². The maximum Gasteiger partial charge on any atom is 0.344 e. The van der Waals surface area contributed by atoms with Crippen LogP contribution in [0.5, 0.6) is 5.75 Å². The zero-order valence-electron chi connectivity index (χ0n) is 17.2. The van der Waals surface area contributed by atoms with Crippen LogP contribution in [0.15, 0.2) is 80.4 Å². The first-order valence-corrected chi connectivity index (χ1v) is 10.3. The number of nitrogens with one attached hydrogen (secondary N) is 1. The lowest BCUT2D eigenvalue weighted by Crippen LogP contribution is -2.29. The second kappa shape index (κ2) is 10.1. The molecule has 0 atom stereocenters. The highest BCUT2D eigenvalue weighted by molar-refractivity contribution is 6.30. The molecule has 4 aromatic rings. The molecule has 0 aliphatic heterocycles. The molecule has 168 valence electrons. The van der Waals surface area contributed by atoms with Crippen molar-refractivity contribution in [1.82, 2.24) is 5.32 Å². The molecule has 33 heavy (non-hydrogen) atoms. The molecule has 0 aliphatic carbocycles. The predicted molar refractivity (Wildman–Crippen MR) is 120 cm³/mol. The third kappa shape index (κ3) is 6.02. The normalized spacial score (nSPS) is 10.7. The molecule has 0 saturated carbocycles. The van der Waals surface area contributed by atoms with Gasteiger partial charge in [-0.2, -0.15) is 0 Å². The van der Waals surface area contributed by atoms with Crippen molar-refractivity contribution in [2.75, 3.05) is 13.2 Å². The Bertz CT molecular complexity index is 1340. The lowest BCUT2D eigenvalue weighted by molar-refractivity contribution is -0.150. The summed E-state index contributed by atoms with van der Waals surface area (Å²) < 4.78 is 21.0. The number of furan rings is 1. The Kier molecular flexibility index (Phi) is 6.75. The van der Waals surface area contributed by atoms with Crippen molar-refractivity contribution in [3.63, 3.8) is 0 Å². The highest BCUT2D eigenvalue weighted by atomic mass is 35.5. The van der Waals surface area contributed by atoms with Gasteiger partial charge < -0.3 is 23.6 Å². The van der Waals surface area contributed by atoms with E-state index in [2.05, 4.69) is 5.32 Å². The van der Waals surface area contributed by atoms with Gasteiger partial charge in [0.2, 0.25) is 0 Å². The van der Waals surface area contributed by atoms with Crippen LogP contribution in [-0.4, -0.2) is 25.1 Å². The van der Waals surface area contributed by atoms with Crippen LogP contribution in [0.2, 0.25) is 5.02 Å². The zero-order chi connectivity index (χ0) is 23.2. The van der Waals surface area contributed by atoms with E-state index >= 15 is 0 Å². The quantitative estimate of drug-likeness (QED) is 0.309. The van der Waals surface area contributed by atoms with E-state index in [0.717, 1.165) is 10.9 Å². The van der Waals surface area contributed by atoms with E-state index in [0.29, 0.717) is 27.9 Å². The number of rotatable bonds is 8. The van der Waals surface area contributed by atoms with E-state index in [-0.39, 0.29) is 6.54 Å². The lowest BCUT2D eigenvalue weighted by Gasteiger charge is -2.08. The fraction of sp³-hybridized carbons (Fsp3) is 0.125. The van der Waals surface area contributed by atoms with Gasteiger partial charge in [-0.1, -0.05) is 11.6 Å². The Morgan fingerprint density at radius 3 is 2.52 bits per heavy atom. The molecule has 0 unspecified atom stereocenters. The summed E-state index contributed by atoms with van der Waals surface area (Å²) in [5.41, 5.74) is 0.713. The van der Waals surface area contributed by atoms with E-state index in [4.69, 9.17) is 29.9 Å². The summed E-state index contributed by atoms with van der Waals surface area (Å²) in [6, 6.07) is 18.5. The monoisotopic (exact) mass is 467 g/mol. The smallest absolute Gasteiger partial charge is 0.344 e. The first kappa shape index (κ1) is 22.2. The average Bonchev–Trinajstić information content (AvgIpc) is 3.29. The van der Waals surface area contributed by atoms with Gasteiger partial charge in [-0.05, 0) is 54.6 Å². The Morgan fingerprint density at radius 1 is 0.909 bits per heavy atom. The number of hydrogen-bond donors (Lipinski definition) is 1. The Labute approximate surface area is 192 Å². The summed E-state index contributed by atoms with van der Waals surface area (Å²) in [7, 11) is 0. The molecule has 4 rings (SSSR count). The fourth-order valence-corrected chi connectivity index (χ4v) is 3.07. The molecule has 9 heteroatoms.